The molecule has 3 rings (SSSR count). The zero-order chi connectivity index (χ0) is 14.8. The van der Waals surface area contributed by atoms with Crippen LogP contribution in [0, 0.1) is 13.8 Å². The van der Waals surface area contributed by atoms with Crippen LogP contribution in [0.2, 0.25) is 0 Å². The van der Waals surface area contributed by atoms with Gasteiger partial charge in [0.1, 0.15) is 5.75 Å². The minimum atomic E-state index is -0.0274. The van der Waals surface area contributed by atoms with Gasteiger partial charge in [-0.1, -0.05) is 12.1 Å². The van der Waals surface area contributed by atoms with E-state index in [2.05, 4.69) is 16.4 Å². The Morgan fingerprint density at radius 3 is 3.05 bits per heavy atom. The molecule has 1 aliphatic rings. The summed E-state index contributed by atoms with van der Waals surface area (Å²) in [6.45, 7) is 4.74. The number of amides is 1. The van der Waals surface area contributed by atoms with Crippen molar-refractivity contribution in [1.82, 2.24) is 4.98 Å². The van der Waals surface area contributed by atoms with Crippen molar-refractivity contribution >= 4 is 22.4 Å². The molecule has 1 aliphatic heterocycles. The second-order valence-electron chi connectivity index (χ2n) is 5.28. The summed E-state index contributed by atoms with van der Waals surface area (Å²) in [4.78, 5) is 17.6. The highest BCUT2D eigenvalue weighted by Crippen LogP contribution is 2.26. The first-order chi connectivity index (χ1) is 10.1. The first-order valence-corrected chi connectivity index (χ1v) is 7.92. The molecule has 1 amide bonds. The molecule has 0 fully saturated rings. The average molecular weight is 302 g/mol. The van der Waals surface area contributed by atoms with Crippen LogP contribution in [0.15, 0.2) is 18.2 Å². The quantitative estimate of drug-likeness (QED) is 0.946. The molecular weight excluding hydrogens is 284 g/mol. The van der Waals surface area contributed by atoms with Gasteiger partial charge in [-0.25, -0.2) is 4.98 Å². The monoisotopic (exact) mass is 302 g/mol. The molecule has 1 N–H and O–H groups in total. The Labute approximate surface area is 128 Å². The number of carbonyl (C=O) groups is 1. The maximum absolute atomic E-state index is 12.1. The first kappa shape index (κ1) is 14.1. The number of nitrogens with one attached hydrogen (secondary N) is 1. The van der Waals surface area contributed by atoms with Gasteiger partial charge in [-0.15, -0.1) is 11.3 Å². The highest BCUT2D eigenvalue weighted by molar-refractivity contribution is 7.15. The minimum absolute atomic E-state index is 0.0274. The Bertz CT molecular complexity index is 659. The third kappa shape index (κ3) is 3.24. The Balaban J connectivity index is 1.67. The first-order valence-electron chi connectivity index (χ1n) is 7.10. The van der Waals surface area contributed by atoms with E-state index in [0.29, 0.717) is 11.6 Å². The molecule has 2 aromatic rings. The molecule has 5 heteroatoms. The van der Waals surface area contributed by atoms with Crippen LogP contribution in [-0.2, 0) is 17.6 Å². The molecule has 1 aromatic carbocycles. The van der Waals surface area contributed by atoms with Gasteiger partial charge in [0.05, 0.1) is 18.7 Å². The molecule has 0 bridgehead atoms. The molecule has 4 nitrogen and oxygen atoms in total. The van der Waals surface area contributed by atoms with Crippen molar-refractivity contribution in [2.75, 3.05) is 11.9 Å². The van der Waals surface area contributed by atoms with Gasteiger partial charge in [0.25, 0.3) is 0 Å². The SMILES string of the molecule is Cc1nc(NC(=O)Cc2ccc3c(c2)CCCO3)sc1C. The summed E-state index contributed by atoms with van der Waals surface area (Å²) in [5.74, 6) is 0.928. The number of fused-ring (bicyclic) bond motifs is 1. The summed E-state index contributed by atoms with van der Waals surface area (Å²) in [7, 11) is 0. The van der Waals surface area contributed by atoms with Crippen molar-refractivity contribution in [1.29, 1.82) is 0 Å². The molecule has 0 atom stereocenters. The summed E-state index contributed by atoms with van der Waals surface area (Å²) >= 11 is 1.51. The number of thiazole rings is 1. The number of anilines is 1. The van der Waals surface area contributed by atoms with E-state index < -0.39 is 0 Å². The smallest absolute Gasteiger partial charge is 0.230 e. The summed E-state index contributed by atoms with van der Waals surface area (Å²) < 4.78 is 5.59. The lowest BCUT2D eigenvalue weighted by Gasteiger charge is -2.17. The number of hydrogen-bond acceptors (Lipinski definition) is 4. The van der Waals surface area contributed by atoms with E-state index in [0.717, 1.165) is 41.3 Å². The number of hydrogen-bond donors (Lipinski definition) is 1. The van der Waals surface area contributed by atoms with Crippen LogP contribution in [0.25, 0.3) is 0 Å². The van der Waals surface area contributed by atoms with E-state index in [1.807, 2.05) is 26.0 Å². The van der Waals surface area contributed by atoms with E-state index in [9.17, 15) is 4.79 Å². The van der Waals surface area contributed by atoms with Gasteiger partial charge >= 0.3 is 0 Å². The molecule has 21 heavy (non-hydrogen) atoms. The Morgan fingerprint density at radius 1 is 1.43 bits per heavy atom. The van der Waals surface area contributed by atoms with Crippen LogP contribution in [0.1, 0.15) is 28.1 Å². The van der Waals surface area contributed by atoms with E-state index >= 15 is 0 Å². The van der Waals surface area contributed by atoms with Crippen molar-refractivity contribution < 1.29 is 9.53 Å². The second-order valence-corrected chi connectivity index (χ2v) is 6.48. The fourth-order valence-electron chi connectivity index (χ4n) is 2.40. The summed E-state index contributed by atoms with van der Waals surface area (Å²) in [6.07, 6.45) is 2.43. The number of ether oxygens (including phenoxy) is 1. The van der Waals surface area contributed by atoms with Gasteiger partial charge in [-0.05, 0) is 43.9 Å². The van der Waals surface area contributed by atoms with Crippen molar-refractivity contribution in [2.45, 2.75) is 33.1 Å². The Hall–Kier alpha value is -1.88. The molecule has 110 valence electrons. The van der Waals surface area contributed by atoms with Crippen LogP contribution in [0.4, 0.5) is 5.13 Å². The molecular formula is C16H18N2O2S. The topological polar surface area (TPSA) is 51.2 Å². The number of nitrogens with zero attached hydrogens (tertiary/aromatic N) is 1. The normalized spacial score (nSPS) is 13.4. The molecule has 0 radical (unpaired) electrons. The average Bonchev–Trinajstić information content (AvgIpc) is 2.77. The number of carbonyl (C=O) groups excluding carboxylic acids is 1. The summed E-state index contributed by atoms with van der Waals surface area (Å²) in [5.41, 5.74) is 3.19. The highest BCUT2D eigenvalue weighted by atomic mass is 32.1. The Morgan fingerprint density at radius 2 is 2.29 bits per heavy atom. The lowest BCUT2D eigenvalue weighted by atomic mass is 10.0. The fraction of sp³-hybridized carbons (Fsp3) is 0.375. The summed E-state index contributed by atoms with van der Waals surface area (Å²) in [5, 5.41) is 3.55. The third-order valence-corrected chi connectivity index (χ3v) is 4.60. The number of aryl methyl sites for hydroxylation is 3. The number of benzene rings is 1. The van der Waals surface area contributed by atoms with Crippen molar-refractivity contribution in [3.8, 4) is 5.75 Å². The molecule has 0 aliphatic carbocycles. The van der Waals surface area contributed by atoms with Gasteiger partial charge in [0, 0.05) is 4.88 Å². The summed E-state index contributed by atoms with van der Waals surface area (Å²) in [6, 6.07) is 6.00. The predicted molar refractivity (Wildman–Crippen MR) is 84.2 cm³/mol. The Kier molecular flexibility index (Phi) is 3.92. The number of aromatic nitrogens is 1. The van der Waals surface area contributed by atoms with E-state index in [-0.39, 0.29) is 5.91 Å². The van der Waals surface area contributed by atoms with Gasteiger partial charge in [0.2, 0.25) is 5.91 Å². The maximum atomic E-state index is 12.1. The van der Waals surface area contributed by atoms with Crippen molar-refractivity contribution in [2.24, 2.45) is 0 Å². The van der Waals surface area contributed by atoms with E-state index in [1.54, 1.807) is 0 Å². The zero-order valence-corrected chi connectivity index (χ0v) is 13.0. The maximum Gasteiger partial charge on any atom is 0.230 e. The van der Waals surface area contributed by atoms with Gasteiger partial charge in [-0.3, -0.25) is 4.79 Å². The molecule has 0 saturated heterocycles. The lowest BCUT2D eigenvalue weighted by Crippen LogP contribution is -2.15. The molecule has 2 heterocycles. The third-order valence-electron chi connectivity index (χ3n) is 3.61. The van der Waals surface area contributed by atoms with E-state index in [1.165, 1.54) is 16.9 Å². The fourth-order valence-corrected chi connectivity index (χ4v) is 3.23. The standard InChI is InChI=1S/C16H18N2O2S/c1-10-11(2)21-16(17-10)18-15(19)9-12-5-6-14-13(8-12)4-3-7-20-14/h5-6,8H,3-4,7,9H2,1-2H3,(H,17,18,19). The molecule has 0 unspecified atom stereocenters. The van der Waals surface area contributed by atoms with Gasteiger partial charge < -0.3 is 10.1 Å². The van der Waals surface area contributed by atoms with Gasteiger partial charge in [-0.2, -0.15) is 0 Å². The predicted octanol–water partition coefficient (Wildman–Crippen LogP) is 3.27. The van der Waals surface area contributed by atoms with Crippen LogP contribution in [-0.4, -0.2) is 17.5 Å². The van der Waals surface area contributed by atoms with Crippen LogP contribution in [0.3, 0.4) is 0 Å². The van der Waals surface area contributed by atoms with Crippen molar-refractivity contribution in [3.05, 3.63) is 39.9 Å². The molecule has 0 spiro atoms. The van der Waals surface area contributed by atoms with Crippen molar-refractivity contribution in [3.63, 3.8) is 0 Å². The zero-order valence-electron chi connectivity index (χ0n) is 12.2. The lowest BCUT2D eigenvalue weighted by molar-refractivity contribution is -0.115. The number of rotatable bonds is 3. The highest BCUT2D eigenvalue weighted by Gasteiger charge is 2.13. The largest absolute Gasteiger partial charge is 0.493 e. The minimum Gasteiger partial charge on any atom is -0.493 e. The van der Waals surface area contributed by atoms with Crippen LogP contribution >= 0.6 is 11.3 Å². The molecule has 1 aromatic heterocycles. The van der Waals surface area contributed by atoms with Crippen LogP contribution < -0.4 is 10.1 Å². The second kappa shape index (κ2) is 5.85. The van der Waals surface area contributed by atoms with Gasteiger partial charge in [0.15, 0.2) is 5.13 Å². The van der Waals surface area contributed by atoms with E-state index in [4.69, 9.17) is 4.74 Å². The molecule has 0 saturated carbocycles. The van der Waals surface area contributed by atoms with Crippen LogP contribution in [0.5, 0.6) is 5.75 Å².